The van der Waals surface area contributed by atoms with Gasteiger partial charge in [0.05, 0.1) is 39.3 Å². The number of esters is 2. The highest BCUT2D eigenvalue weighted by molar-refractivity contribution is 6.74. The quantitative estimate of drug-likeness (QED) is 0.216. The minimum atomic E-state index is -2.31. The standard InChI is InChI=1S/C35H42N2O11Si/c1-18(38)44-10-9-37-28(39)15-23(33(37)40)36-31-21-14-25-24(46-17-47-25)13-20(21)29(30-22(31)16-45-34(30)41)19-11-26(42-5)32(27(12-19)43-6)48-49(7,8)35(2,3)4/h11-15,22,29-31,36H,9-10,16-17H2,1-8H3/t22-,29+,30-,31+/m0/s1. The number of fused-ring (bicyclic) bond motifs is 3. The van der Waals surface area contributed by atoms with E-state index in [-0.39, 0.29) is 37.3 Å². The largest absolute Gasteiger partial charge is 0.539 e. The van der Waals surface area contributed by atoms with Crippen LogP contribution in [0.4, 0.5) is 0 Å². The van der Waals surface area contributed by atoms with Crippen molar-refractivity contribution in [2.24, 2.45) is 11.8 Å². The summed E-state index contributed by atoms with van der Waals surface area (Å²) in [6.07, 6.45) is 1.22. The predicted octanol–water partition coefficient (Wildman–Crippen LogP) is 4.20. The summed E-state index contributed by atoms with van der Waals surface area (Å²) in [5, 5.41) is 3.19. The Kier molecular flexibility index (Phi) is 8.80. The number of amides is 2. The highest BCUT2D eigenvalue weighted by Gasteiger charge is 2.53. The monoisotopic (exact) mass is 694 g/mol. The first kappa shape index (κ1) is 34.2. The van der Waals surface area contributed by atoms with E-state index in [1.807, 2.05) is 24.3 Å². The van der Waals surface area contributed by atoms with Crippen LogP contribution < -0.4 is 28.7 Å². The van der Waals surface area contributed by atoms with Crippen LogP contribution in [0.3, 0.4) is 0 Å². The number of rotatable bonds is 10. The molecule has 0 radical (unpaired) electrons. The van der Waals surface area contributed by atoms with Gasteiger partial charge in [-0.15, -0.1) is 0 Å². The molecule has 0 saturated carbocycles. The summed E-state index contributed by atoms with van der Waals surface area (Å²) in [7, 11) is 0.828. The van der Waals surface area contributed by atoms with E-state index in [9.17, 15) is 19.2 Å². The van der Waals surface area contributed by atoms with Gasteiger partial charge in [0, 0.05) is 24.8 Å². The number of carbonyl (C=O) groups excluding carboxylic acids is 4. The first-order valence-corrected chi connectivity index (χ1v) is 19.1. The lowest BCUT2D eigenvalue weighted by Gasteiger charge is -2.40. The van der Waals surface area contributed by atoms with Crippen molar-refractivity contribution >= 4 is 32.1 Å². The number of benzene rings is 2. The average Bonchev–Trinajstić information content (AvgIpc) is 3.73. The lowest BCUT2D eigenvalue weighted by Crippen LogP contribution is -2.44. The number of imide groups is 1. The Hall–Kier alpha value is -4.72. The summed E-state index contributed by atoms with van der Waals surface area (Å²) in [5.74, 6) is -1.16. The molecular weight excluding hydrogens is 652 g/mol. The highest BCUT2D eigenvalue weighted by Crippen LogP contribution is 2.56. The van der Waals surface area contributed by atoms with Crippen LogP contribution in [0.2, 0.25) is 18.1 Å². The fourth-order valence-electron chi connectivity index (χ4n) is 6.61. The van der Waals surface area contributed by atoms with Gasteiger partial charge in [-0.25, -0.2) is 0 Å². The first-order chi connectivity index (χ1) is 23.1. The van der Waals surface area contributed by atoms with Gasteiger partial charge < -0.3 is 38.2 Å². The number of ether oxygens (including phenoxy) is 6. The molecule has 1 saturated heterocycles. The molecule has 262 valence electrons. The Labute approximate surface area is 285 Å². The van der Waals surface area contributed by atoms with Crippen molar-refractivity contribution in [3.63, 3.8) is 0 Å². The maximum absolute atomic E-state index is 13.7. The van der Waals surface area contributed by atoms with Crippen molar-refractivity contribution in [3.05, 3.63) is 52.7 Å². The van der Waals surface area contributed by atoms with Gasteiger partial charge in [0.1, 0.15) is 12.3 Å². The molecule has 2 aromatic carbocycles. The molecule has 4 aliphatic rings. The Bertz CT molecular complexity index is 1720. The van der Waals surface area contributed by atoms with E-state index in [1.165, 1.54) is 13.0 Å². The molecule has 0 spiro atoms. The SMILES string of the molecule is COc1cc([C@@H]2c3cc4c(cc3[C@@H](NC3=CC(=O)N(CCOC(C)=O)C3=O)[C@H]3COC(=O)[C@H]23)OCO4)cc(OC)c1O[Si](C)(C)C(C)(C)C. The Morgan fingerprint density at radius 2 is 1.61 bits per heavy atom. The lowest BCUT2D eigenvalue weighted by atomic mass is 9.65. The Balaban J connectivity index is 1.43. The molecule has 0 unspecified atom stereocenters. The van der Waals surface area contributed by atoms with E-state index in [1.54, 1.807) is 14.2 Å². The van der Waals surface area contributed by atoms with Crippen LogP contribution in [0.15, 0.2) is 36.0 Å². The second-order valence-corrected chi connectivity index (χ2v) is 18.8. The van der Waals surface area contributed by atoms with Gasteiger partial charge in [-0.2, -0.15) is 0 Å². The average molecular weight is 695 g/mol. The number of carbonyl (C=O) groups is 4. The van der Waals surface area contributed by atoms with Gasteiger partial charge in [0.2, 0.25) is 6.79 Å². The van der Waals surface area contributed by atoms with Gasteiger partial charge in [0.15, 0.2) is 28.7 Å². The zero-order valence-electron chi connectivity index (χ0n) is 29.0. The van der Waals surface area contributed by atoms with Crippen molar-refractivity contribution in [1.29, 1.82) is 0 Å². The molecule has 1 fully saturated rings. The van der Waals surface area contributed by atoms with E-state index in [2.05, 4.69) is 39.2 Å². The third-order valence-electron chi connectivity index (χ3n) is 10.1. The summed E-state index contributed by atoms with van der Waals surface area (Å²) in [4.78, 5) is 52.1. The molecule has 3 aliphatic heterocycles. The number of nitrogens with one attached hydrogen (secondary N) is 1. The zero-order valence-corrected chi connectivity index (χ0v) is 30.0. The Morgan fingerprint density at radius 1 is 0.980 bits per heavy atom. The summed E-state index contributed by atoms with van der Waals surface area (Å²) in [5.41, 5.74) is 2.32. The number of nitrogens with zero attached hydrogens (tertiary/aromatic N) is 1. The summed E-state index contributed by atoms with van der Waals surface area (Å²) >= 11 is 0. The molecular formula is C35H42N2O11Si. The minimum absolute atomic E-state index is 0.0342. The van der Waals surface area contributed by atoms with Crippen LogP contribution in [0.5, 0.6) is 28.7 Å². The molecule has 0 aromatic heterocycles. The molecule has 1 aliphatic carbocycles. The molecule has 13 nitrogen and oxygen atoms in total. The van der Waals surface area contributed by atoms with Crippen molar-refractivity contribution in [2.75, 3.05) is 40.8 Å². The maximum Gasteiger partial charge on any atom is 0.310 e. The third-order valence-corrected chi connectivity index (χ3v) is 14.5. The normalized spacial score (nSPS) is 22.7. The maximum atomic E-state index is 13.7. The van der Waals surface area contributed by atoms with E-state index in [0.717, 1.165) is 21.6 Å². The highest BCUT2D eigenvalue weighted by atomic mass is 28.4. The number of hydrogen-bond donors (Lipinski definition) is 1. The summed E-state index contributed by atoms with van der Waals surface area (Å²) in [6.45, 7) is 11.9. The number of cyclic esters (lactones) is 1. The summed E-state index contributed by atoms with van der Waals surface area (Å²) in [6, 6.07) is 6.86. The molecule has 1 N–H and O–H groups in total. The molecule has 4 atom stereocenters. The zero-order chi connectivity index (χ0) is 35.4. The minimum Gasteiger partial charge on any atom is -0.539 e. The van der Waals surface area contributed by atoms with Gasteiger partial charge in [0.25, 0.3) is 20.1 Å². The van der Waals surface area contributed by atoms with Crippen LogP contribution in [-0.4, -0.2) is 77.7 Å². The van der Waals surface area contributed by atoms with Crippen molar-refractivity contribution in [2.45, 2.75) is 57.8 Å². The van der Waals surface area contributed by atoms with Crippen molar-refractivity contribution < 1.29 is 52.0 Å². The van der Waals surface area contributed by atoms with Gasteiger partial charge in [-0.3, -0.25) is 24.1 Å². The molecule has 49 heavy (non-hydrogen) atoms. The number of methoxy groups -OCH3 is 2. The van der Waals surface area contributed by atoms with Gasteiger partial charge in [-0.05, 0) is 59.1 Å². The predicted molar refractivity (Wildman–Crippen MR) is 177 cm³/mol. The van der Waals surface area contributed by atoms with Crippen LogP contribution in [0.25, 0.3) is 0 Å². The van der Waals surface area contributed by atoms with Crippen LogP contribution >= 0.6 is 0 Å². The molecule has 6 rings (SSSR count). The first-order valence-electron chi connectivity index (χ1n) is 16.2. The van der Waals surface area contributed by atoms with E-state index >= 15 is 0 Å². The van der Waals surface area contributed by atoms with Crippen LogP contribution in [-0.2, 0) is 28.7 Å². The van der Waals surface area contributed by atoms with Gasteiger partial charge >= 0.3 is 11.9 Å². The second kappa shape index (κ2) is 12.6. The molecule has 2 amide bonds. The fraction of sp³-hybridized carbons (Fsp3) is 0.486. The molecule has 0 bridgehead atoms. The fourth-order valence-corrected chi connectivity index (χ4v) is 7.63. The van der Waals surface area contributed by atoms with Crippen molar-refractivity contribution in [3.8, 4) is 28.7 Å². The van der Waals surface area contributed by atoms with Crippen LogP contribution in [0, 0.1) is 11.8 Å². The topological polar surface area (TPSA) is 148 Å². The molecule has 14 heteroatoms. The van der Waals surface area contributed by atoms with Gasteiger partial charge in [-0.1, -0.05) is 20.8 Å². The summed E-state index contributed by atoms with van der Waals surface area (Å²) < 4.78 is 40.7. The molecule has 2 aromatic rings. The smallest absolute Gasteiger partial charge is 0.310 e. The van der Waals surface area contributed by atoms with Crippen LogP contribution in [0.1, 0.15) is 56.3 Å². The lowest BCUT2D eigenvalue weighted by molar-refractivity contribution is -0.145. The van der Waals surface area contributed by atoms with E-state index in [0.29, 0.717) is 28.7 Å². The van der Waals surface area contributed by atoms with Crippen molar-refractivity contribution in [1.82, 2.24) is 10.2 Å². The van der Waals surface area contributed by atoms with E-state index in [4.69, 9.17) is 32.8 Å². The van der Waals surface area contributed by atoms with E-state index < -0.39 is 55.9 Å². The third kappa shape index (κ3) is 6.06. The second-order valence-electron chi connectivity index (χ2n) is 14.1. The molecule has 3 heterocycles. The Morgan fingerprint density at radius 3 is 2.20 bits per heavy atom. The number of hydrogen-bond acceptors (Lipinski definition) is 12.